The summed E-state index contributed by atoms with van der Waals surface area (Å²) in [5.41, 5.74) is 4.87. The summed E-state index contributed by atoms with van der Waals surface area (Å²) >= 11 is 0. The maximum atomic E-state index is 5.49. The third-order valence-corrected chi connectivity index (χ3v) is 3.78. The van der Waals surface area contributed by atoms with Crippen LogP contribution in [0.5, 0.6) is 0 Å². The zero-order valence-electron chi connectivity index (χ0n) is 15.2. The van der Waals surface area contributed by atoms with Gasteiger partial charge in [-0.15, -0.1) is 0 Å². The molecule has 2 rings (SSSR count). The third kappa shape index (κ3) is 5.99. The van der Waals surface area contributed by atoms with Crippen LogP contribution in [0.2, 0.25) is 0 Å². The first kappa shape index (κ1) is 18.6. The molecule has 0 saturated heterocycles. The number of aromatic nitrogens is 1. The molecule has 4 nitrogen and oxygen atoms in total. The zero-order chi connectivity index (χ0) is 18.1. The fourth-order valence-electron chi connectivity index (χ4n) is 2.40. The highest BCUT2D eigenvalue weighted by Gasteiger charge is 2.07. The predicted molar refractivity (Wildman–Crippen MR) is 106 cm³/mol. The molecule has 0 N–H and O–H groups in total. The first-order chi connectivity index (χ1) is 12.1. The Morgan fingerprint density at radius 3 is 2.84 bits per heavy atom. The molecule has 2 heterocycles. The van der Waals surface area contributed by atoms with Crippen molar-refractivity contribution < 1.29 is 4.74 Å². The number of nitrogens with zero attached hydrogens (tertiary/aromatic N) is 3. The summed E-state index contributed by atoms with van der Waals surface area (Å²) in [4.78, 5) is 13.1. The highest BCUT2D eigenvalue weighted by molar-refractivity contribution is 5.94. The molecular formula is C21H25N3O. The molecule has 0 bridgehead atoms. The molecule has 1 aliphatic heterocycles. The van der Waals surface area contributed by atoms with Crippen molar-refractivity contribution in [2.24, 2.45) is 9.98 Å². The highest BCUT2D eigenvalue weighted by atomic mass is 16.5. The van der Waals surface area contributed by atoms with Gasteiger partial charge in [-0.1, -0.05) is 18.7 Å². The van der Waals surface area contributed by atoms with Crippen LogP contribution in [0, 0.1) is 0 Å². The van der Waals surface area contributed by atoms with Gasteiger partial charge < -0.3 is 4.74 Å². The Morgan fingerprint density at radius 2 is 2.20 bits per heavy atom. The van der Waals surface area contributed by atoms with Gasteiger partial charge in [-0.25, -0.2) is 0 Å². The van der Waals surface area contributed by atoms with Crippen LogP contribution in [0.25, 0.3) is 5.57 Å². The molecule has 0 amide bonds. The van der Waals surface area contributed by atoms with E-state index in [2.05, 4.69) is 27.6 Å². The Hall–Kier alpha value is -2.75. The number of allylic oxidation sites excluding steroid dienone is 4. The van der Waals surface area contributed by atoms with Crippen LogP contribution in [-0.4, -0.2) is 30.6 Å². The molecule has 0 radical (unpaired) electrons. The molecule has 1 aliphatic rings. The lowest BCUT2D eigenvalue weighted by Crippen LogP contribution is -2.00. The molecular weight excluding hydrogens is 310 g/mol. The molecule has 0 spiro atoms. The van der Waals surface area contributed by atoms with Crippen molar-refractivity contribution in [1.82, 2.24) is 4.98 Å². The van der Waals surface area contributed by atoms with E-state index in [-0.39, 0.29) is 0 Å². The molecule has 0 aliphatic carbocycles. The average molecular weight is 335 g/mol. The van der Waals surface area contributed by atoms with Crippen LogP contribution in [-0.2, 0) is 4.74 Å². The number of rotatable bonds is 7. The molecule has 130 valence electrons. The van der Waals surface area contributed by atoms with Crippen molar-refractivity contribution in [1.29, 1.82) is 0 Å². The van der Waals surface area contributed by atoms with Gasteiger partial charge in [0, 0.05) is 43.4 Å². The monoisotopic (exact) mass is 335 g/mol. The van der Waals surface area contributed by atoms with E-state index in [9.17, 15) is 0 Å². The largest absolute Gasteiger partial charge is 0.496 e. The van der Waals surface area contributed by atoms with Crippen LogP contribution in [0.3, 0.4) is 0 Å². The fourth-order valence-corrected chi connectivity index (χ4v) is 2.40. The topological polar surface area (TPSA) is 46.8 Å². The van der Waals surface area contributed by atoms with Gasteiger partial charge in [-0.05, 0) is 49.1 Å². The number of aliphatic imine (C=N–C) groups is 2. The Bertz CT molecular complexity index is 753. The molecule has 25 heavy (non-hydrogen) atoms. The number of dihydropyridines is 1. The van der Waals surface area contributed by atoms with E-state index < -0.39 is 0 Å². The number of hydrogen-bond donors (Lipinski definition) is 0. The molecule has 0 fully saturated rings. The van der Waals surface area contributed by atoms with Crippen LogP contribution in [0.4, 0.5) is 0 Å². The van der Waals surface area contributed by atoms with Crippen molar-refractivity contribution in [3.05, 3.63) is 71.9 Å². The predicted octanol–water partition coefficient (Wildman–Crippen LogP) is 4.78. The number of ether oxygens (including phenoxy) is 1. The van der Waals surface area contributed by atoms with Crippen LogP contribution in [0.1, 0.15) is 32.4 Å². The van der Waals surface area contributed by atoms with Crippen LogP contribution in [0.15, 0.2) is 76.2 Å². The van der Waals surface area contributed by atoms with Gasteiger partial charge in [0.15, 0.2) is 0 Å². The van der Waals surface area contributed by atoms with Gasteiger partial charge in [0.05, 0.1) is 12.8 Å². The van der Waals surface area contributed by atoms with E-state index >= 15 is 0 Å². The first-order valence-electron chi connectivity index (χ1n) is 8.35. The van der Waals surface area contributed by atoms with Gasteiger partial charge in [-0.3, -0.25) is 15.0 Å². The van der Waals surface area contributed by atoms with Crippen molar-refractivity contribution in [2.75, 3.05) is 13.7 Å². The van der Waals surface area contributed by atoms with Gasteiger partial charge >= 0.3 is 0 Å². The minimum Gasteiger partial charge on any atom is -0.496 e. The molecule has 0 aromatic carbocycles. The maximum Gasteiger partial charge on any atom is 0.123 e. The minimum atomic E-state index is 0.735. The quantitative estimate of drug-likeness (QED) is 0.409. The normalized spacial score (nSPS) is 15.8. The Balaban J connectivity index is 2.08. The van der Waals surface area contributed by atoms with Crippen molar-refractivity contribution >= 4 is 17.5 Å². The SMILES string of the molecule is C=C(CC1=CCCN=C1)\C(=C/C(C)=N\C=C(/C)c1ccccn1)OC. The summed E-state index contributed by atoms with van der Waals surface area (Å²) < 4.78 is 5.49. The van der Waals surface area contributed by atoms with E-state index in [1.807, 2.05) is 50.5 Å². The standard InChI is InChI=1S/C21H25N3O/c1-16(12-19-8-7-10-22-15-19)21(25-4)13-18(3)24-14-17(2)20-9-5-6-11-23-20/h5-6,8-9,11,13-15H,1,7,10,12H2,2-4H3/b17-14+,21-13+,24-18-. The summed E-state index contributed by atoms with van der Waals surface area (Å²) in [6.45, 7) is 8.95. The van der Waals surface area contributed by atoms with E-state index in [0.29, 0.717) is 0 Å². The molecule has 0 unspecified atom stereocenters. The van der Waals surface area contributed by atoms with Crippen molar-refractivity contribution in [3.8, 4) is 0 Å². The van der Waals surface area contributed by atoms with Crippen LogP contribution < -0.4 is 0 Å². The van der Waals surface area contributed by atoms with Gasteiger partial charge in [-0.2, -0.15) is 0 Å². The van der Waals surface area contributed by atoms with Crippen LogP contribution >= 0.6 is 0 Å². The lowest BCUT2D eigenvalue weighted by molar-refractivity contribution is 0.300. The summed E-state index contributed by atoms with van der Waals surface area (Å²) in [6.07, 6.45) is 11.3. The number of pyridine rings is 1. The molecule has 0 atom stereocenters. The summed E-state index contributed by atoms with van der Waals surface area (Å²) in [6, 6.07) is 5.83. The zero-order valence-corrected chi connectivity index (χ0v) is 15.2. The average Bonchev–Trinajstić information content (AvgIpc) is 2.65. The second kappa shape index (κ2) is 9.52. The van der Waals surface area contributed by atoms with E-state index in [1.165, 1.54) is 5.57 Å². The summed E-state index contributed by atoms with van der Waals surface area (Å²) in [7, 11) is 1.66. The summed E-state index contributed by atoms with van der Waals surface area (Å²) in [5, 5.41) is 0. The highest BCUT2D eigenvalue weighted by Crippen LogP contribution is 2.19. The van der Waals surface area contributed by atoms with Crippen molar-refractivity contribution in [2.45, 2.75) is 26.7 Å². The Labute approximate surface area is 150 Å². The maximum absolute atomic E-state index is 5.49. The lowest BCUT2D eigenvalue weighted by atomic mass is 10.0. The first-order valence-corrected chi connectivity index (χ1v) is 8.35. The van der Waals surface area contributed by atoms with Gasteiger partial charge in [0.2, 0.25) is 0 Å². The number of hydrogen-bond acceptors (Lipinski definition) is 4. The van der Waals surface area contributed by atoms with Gasteiger partial charge in [0.1, 0.15) is 5.76 Å². The second-order valence-corrected chi connectivity index (χ2v) is 5.89. The smallest absolute Gasteiger partial charge is 0.123 e. The van der Waals surface area contributed by atoms with E-state index in [0.717, 1.165) is 47.7 Å². The number of methoxy groups -OCH3 is 1. The second-order valence-electron chi connectivity index (χ2n) is 5.89. The fraction of sp³-hybridized carbons (Fsp3) is 0.286. The Morgan fingerprint density at radius 1 is 1.36 bits per heavy atom. The lowest BCUT2D eigenvalue weighted by Gasteiger charge is -2.12. The molecule has 4 heteroatoms. The molecule has 1 aromatic rings. The molecule has 1 aromatic heterocycles. The van der Waals surface area contributed by atoms with E-state index in [1.54, 1.807) is 13.3 Å². The van der Waals surface area contributed by atoms with Crippen molar-refractivity contribution in [3.63, 3.8) is 0 Å². The third-order valence-electron chi connectivity index (χ3n) is 3.78. The van der Waals surface area contributed by atoms with Gasteiger partial charge in [0.25, 0.3) is 0 Å². The minimum absolute atomic E-state index is 0.735. The summed E-state index contributed by atoms with van der Waals surface area (Å²) in [5.74, 6) is 0.741. The Kier molecular flexibility index (Phi) is 7.08. The van der Waals surface area contributed by atoms with E-state index in [4.69, 9.17) is 4.74 Å². The molecule has 0 saturated carbocycles.